The van der Waals surface area contributed by atoms with Crippen molar-refractivity contribution in [3.63, 3.8) is 0 Å². The van der Waals surface area contributed by atoms with E-state index in [0.717, 1.165) is 22.5 Å². The molecule has 8 heteroatoms. The predicted octanol–water partition coefficient (Wildman–Crippen LogP) is -0.866. The largest absolute Gasteiger partial charge is 0.399 e. The fraction of sp³-hybridized carbons (Fsp3) is 0.400. The highest BCUT2D eigenvalue weighted by Crippen LogP contribution is 2.23. The molecule has 1 aliphatic heterocycles. The molecule has 18 heavy (non-hydrogen) atoms. The average Bonchev–Trinajstić information content (AvgIpc) is 2.58. The lowest BCUT2D eigenvalue weighted by Crippen LogP contribution is -2.30. The molecule has 0 bridgehead atoms. The van der Waals surface area contributed by atoms with Crippen LogP contribution in [0, 0.1) is 5.82 Å². The molecule has 1 saturated heterocycles. The Bertz CT molecular complexity index is 533. The van der Waals surface area contributed by atoms with Gasteiger partial charge in [0.1, 0.15) is 5.82 Å². The van der Waals surface area contributed by atoms with Gasteiger partial charge < -0.3 is 15.9 Å². The summed E-state index contributed by atoms with van der Waals surface area (Å²) < 4.78 is 38.3. The summed E-state index contributed by atoms with van der Waals surface area (Å²) in [6, 6.07) is 2.99. The van der Waals surface area contributed by atoms with Gasteiger partial charge in [0.2, 0.25) is 10.0 Å². The Balaban J connectivity index is 2.37. The topological polar surface area (TPSA) is 104 Å². The lowest BCUT2D eigenvalue weighted by atomic mass is 10.3. The first-order valence-electron chi connectivity index (χ1n) is 5.23. The molecule has 1 aromatic carbocycles. The van der Waals surface area contributed by atoms with Gasteiger partial charge in [0, 0.05) is 18.8 Å². The van der Waals surface area contributed by atoms with Crippen molar-refractivity contribution in [2.45, 2.75) is 17.1 Å². The van der Waals surface area contributed by atoms with Crippen molar-refractivity contribution in [3.8, 4) is 0 Å². The van der Waals surface area contributed by atoms with Gasteiger partial charge in [-0.25, -0.2) is 12.8 Å². The molecule has 0 aromatic heterocycles. The van der Waals surface area contributed by atoms with Gasteiger partial charge in [-0.1, -0.05) is 0 Å². The van der Waals surface area contributed by atoms with Gasteiger partial charge in [-0.3, -0.25) is 0 Å². The van der Waals surface area contributed by atoms with Crippen LogP contribution in [-0.2, 0) is 10.0 Å². The van der Waals surface area contributed by atoms with E-state index in [0.29, 0.717) is 0 Å². The second kappa shape index (κ2) is 4.47. The van der Waals surface area contributed by atoms with Crippen molar-refractivity contribution >= 4 is 15.7 Å². The van der Waals surface area contributed by atoms with Crippen LogP contribution in [0.5, 0.6) is 0 Å². The van der Waals surface area contributed by atoms with Crippen LogP contribution in [0.1, 0.15) is 0 Å². The molecule has 6 nitrogen and oxygen atoms in total. The molecule has 0 amide bonds. The van der Waals surface area contributed by atoms with Gasteiger partial charge in [0.25, 0.3) is 0 Å². The van der Waals surface area contributed by atoms with E-state index in [9.17, 15) is 23.0 Å². The molecule has 2 unspecified atom stereocenters. The summed E-state index contributed by atoms with van der Waals surface area (Å²) in [4.78, 5) is -0.290. The Hall–Kier alpha value is -1.22. The average molecular weight is 276 g/mol. The maximum absolute atomic E-state index is 13.1. The zero-order valence-corrected chi connectivity index (χ0v) is 10.1. The van der Waals surface area contributed by atoms with E-state index in [1.807, 2.05) is 0 Å². The van der Waals surface area contributed by atoms with Crippen molar-refractivity contribution in [2.75, 3.05) is 18.8 Å². The highest BCUT2D eigenvalue weighted by atomic mass is 32.2. The SMILES string of the molecule is Nc1cc(F)cc(S(=O)(=O)N2CC(O)C(O)C2)c1. The number of halogens is 1. The molecule has 0 radical (unpaired) electrons. The summed E-state index contributed by atoms with van der Waals surface area (Å²) in [7, 11) is -3.96. The van der Waals surface area contributed by atoms with Crippen molar-refractivity contribution in [1.82, 2.24) is 4.31 Å². The highest BCUT2D eigenvalue weighted by Gasteiger charge is 2.37. The standard InChI is InChI=1S/C10H13FN2O4S/c11-6-1-7(12)3-8(2-6)18(16,17)13-4-9(14)10(15)5-13/h1-3,9-10,14-15H,4-5,12H2. The molecule has 1 aliphatic rings. The van der Waals surface area contributed by atoms with Crippen LogP contribution in [-0.4, -0.2) is 48.2 Å². The van der Waals surface area contributed by atoms with E-state index in [2.05, 4.69) is 0 Å². The maximum Gasteiger partial charge on any atom is 0.243 e. The van der Waals surface area contributed by atoms with Crippen LogP contribution in [0.25, 0.3) is 0 Å². The van der Waals surface area contributed by atoms with Crippen LogP contribution in [0.2, 0.25) is 0 Å². The third-order valence-electron chi connectivity index (χ3n) is 2.76. The number of benzene rings is 1. The predicted molar refractivity (Wildman–Crippen MR) is 61.6 cm³/mol. The van der Waals surface area contributed by atoms with Crippen LogP contribution in [0.4, 0.5) is 10.1 Å². The molecule has 1 aromatic rings. The van der Waals surface area contributed by atoms with Gasteiger partial charge in [0.05, 0.1) is 17.1 Å². The summed E-state index contributed by atoms with van der Waals surface area (Å²) in [6.45, 7) is -0.445. The van der Waals surface area contributed by atoms with E-state index in [-0.39, 0.29) is 23.7 Å². The second-order valence-corrected chi connectivity index (χ2v) is 6.11. The lowest BCUT2D eigenvalue weighted by molar-refractivity contribution is 0.0572. The number of hydrogen-bond donors (Lipinski definition) is 3. The quantitative estimate of drug-likeness (QED) is 0.609. The number of aliphatic hydroxyl groups is 2. The number of β-amino-alcohol motifs (C(OH)–C–C–N with tert-alkyl or cyclic N) is 2. The Morgan fingerprint density at radius 3 is 2.28 bits per heavy atom. The molecule has 100 valence electrons. The van der Waals surface area contributed by atoms with Gasteiger partial charge in [0.15, 0.2) is 0 Å². The molecular formula is C10H13FN2O4S. The number of hydrogen-bond acceptors (Lipinski definition) is 5. The first-order chi connectivity index (χ1) is 8.30. The molecular weight excluding hydrogens is 263 g/mol. The van der Waals surface area contributed by atoms with Gasteiger partial charge >= 0.3 is 0 Å². The van der Waals surface area contributed by atoms with E-state index in [1.54, 1.807) is 0 Å². The third kappa shape index (κ3) is 2.32. The highest BCUT2D eigenvalue weighted by molar-refractivity contribution is 7.89. The van der Waals surface area contributed by atoms with Crippen molar-refractivity contribution in [1.29, 1.82) is 0 Å². The maximum atomic E-state index is 13.1. The number of nitrogen functional groups attached to an aromatic ring is 1. The number of aliphatic hydroxyl groups excluding tert-OH is 2. The summed E-state index contributed by atoms with van der Waals surface area (Å²) in [5.41, 5.74) is 5.38. The van der Waals surface area contributed by atoms with E-state index >= 15 is 0 Å². The van der Waals surface area contributed by atoms with E-state index in [1.165, 1.54) is 0 Å². The Morgan fingerprint density at radius 1 is 1.22 bits per heavy atom. The first-order valence-corrected chi connectivity index (χ1v) is 6.67. The normalized spacial score (nSPS) is 25.5. The molecule has 2 rings (SSSR count). The second-order valence-electron chi connectivity index (χ2n) is 4.18. The Labute approximate surface area is 103 Å². The summed E-state index contributed by atoms with van der Waals surface area (Å²) in [6.07, 6.45) is -2.27. The van der Waals surface area contributed by atoms with Crippen molar-refractivity contribution < 1.29 is 23.0 Å². The monoisotopic (exact) mass is 276 g/mol. The van der Waals surface area contributed by atoms with Crippen molar-refractivity contribution in [3.05, 3.63) is 24.0 Å². The summed E-state index contributed by atoms with van der Waals surface area (Å²) >= 11 is 0. The van der Waals surface area contributed by atoms with Crippen molar-refractivity contribution in [2.24, 2.45) is 0 Å². The molecule has 1 heterocycles. The van der Waals surface area contributed by atoms with Crippen LogP contribution in [0.3, 0.4) is 0 Å². The Morgan fingerprint density at radius 2 is 1.78 bits per heavy atom. The smallest absolute Gasteiger partial charge is 0.243 e. The zero-order valence-electron chi connectivity index (χ0n) is 9.32. The van der Waals surface area contributed by atoms with E-state index < -0.39 is 28.0 Å². The Kier molecular flexibility index (Phi) is 3.28. The van der Waals surface area contributed by atoms with Crippen LogP contribution < -0.4 is 5.73 Å². The van der Waals surface area contributed by atoms with E-state index in [4.69, 9.17) is 5.73 Å². The fourth-order valence-electron chi connectivity index (χ4n) is 1.81. The molecule has 4 N–H and O–H groups in total. The van der Waals surface area contributed by atoms with Crippen LogP contribution in [0.15, 0.2) is 23.1 Å². The number of rotatable bonds is 2. The summed E-state index contributed by atoms with van der Waals surface area (Å²) in [5.74, 6) is -0.756. The number of nitrogens with zero attached hydrogens (tertiary/aromatic N) is 1. The fourth-order valence-corrected chi connectivity index (χ4v) is 3.36. The first kappa shape index (κ1) is 13.2. The molecule has 2 atom stereocenters. The minimum atomic E-state index is -3.96. The molecule has 1 fully saturated rings. The lowest BCUT2D eigenvalue weighted by Gasteiger charge is -2.15. The number of sulfonamides is 1. The van der Waals surface area contributed by atoms with Gasteiger partial charge in [-0.15, -0.1) is 0 Å². The number of nitrogens with two attached hydrogens (primary N) is 1. The summed E-state index contributed by atoms with van der Waals surface area (Å²) in [5, 5.41) is 18.7. The molecule has 0 spiro atoms. The minimum Gasteiger partial charge on any atom is -0.399 e. The van der Waals surface area contributed by atoms with Crippen LogP contribution >= 0.6 is 0 Å². The van der Waals surface area contributed by atoms with Gasteiger partial charge in [-0.2, -0.15) is 4.31 Å². The molecule has 0 saturated carbocycles. The number of anilines is 1. The minimum absolute atomic E-state index is 0.00568. The molecule has 0 aliphatic carbocycles. The zero-order chi connectivity index (χ0) is 13.5. The van der Waals surface area contributed by atoms with Gasteiger partial charge in [-0.05, 0) is 18.2 Å². The third-order valence-corrected chi connectivity index (χ3v) is 4.57.